The molecule has 0 saturated carbocycles. The first kappa shape index (κ1) is 20.7. The van der Waals surface area contributed by atoms with Crippen LogP contribution in [0, 0.1) is 11.3 Å². The summed E-state index contributed by atoms with van der Waals surface area (Å²) in [4.78, 5) is 15.3. The minimum atomic E-state index is -0.390. The van der Waals surface area contributed by atoms with Gasteiger partial charge in [0.05, 0.1) is 26.2 Å². The van der Waals surface area contributed by atoms with Gasteiger partial charge in [0.15, 0.2) is 0 Å². The maximum absolute atomic E-state index is 12.9. The summed E-state index contributed by atoms with van der Waals surface area (Å²) < 4.78 is 16.1. The molecule has 156 valence electrons. The highest BCUT2D eigenvalue weighted by atomic mass is 16.5. The molecule has 3 rings (SSSR count). The molecule has 0 aliphatic carbocycles. The maximum Gasteiger partial charge on any atom is 0.228 e. The van der Waals surface area contributed by atoms with Crippen LogP contribution in [0.3, 0.4) is 0 Å². The Balaban J connectivity index is 1.57. The Kier molecular flexibility index (Phi) is 7.02. The van der Waals surface area contributed by atoms with Crippen molar-refractivity contribution in [3.8, 4) is 11.5 Å². The van der Waals surface area contributed by atoms with Crippen molar-refractivity contribution in [2.75, 3.05) is 65.6 Å². The summed E-state index contributed by atoms with van der Waals surface area (Å²) in [5.74, 6) is 2.15. The zero-order chi connectivity index (χ0) is 20.0. The highest BCUT2D eigenvalue weighted by molar-refractivity contribution is 5.83. The van der Waals surface area contributed by atoms with E-state index in [4.69, 9.17) is 14.2 Å². The van der Waals surface area contributed by atoms with Crippen LogP contribution in [-0.4, -0.2) is 66.6 Å². The lowest BCUT2D eigenvalue weighted by Gasteiger charge is -2.35. The van der Waals surface area contributed by atoms with Crippen LogP contribution in [0.1, 0.15) is 19.3 Å². The molecule has 2 saturated heterocycles. The number of carbonyl (C=O) groups is 1. The van der Waals surface area contributed by atoms with Crippen molar-refractivity contribution < 1.29 is 19.0 Å². The molecule has 0 radical (unpaired) electrons. The monoisotopic (exact) mass is 391 g/mol. The lowest BCUT2D eigenvalue weighted by Crippen LogP contribution is -2.51. The number of nitrogens with zero attached hydrogens (tertiary/aromatic N) is 1. The van der Waals surface area contributed by atoms with Crippen molar-refractivity contribution in [1.82, 2.24) is 10.6 Å². The number of anilines is 1. The third-order valence-electron chi connectivity index (χ3n) is 6.00. The van der Waals surface area contributed by atoms with Crippen molar-refractivity contribution in [3.05, 3.63) is 18.2 Å². The van der Waals surface area contributed by atoms with Gasteiger partial charge in [-0.15, -0.1) is 0 Å². The van der Waals surface area contributed by atoms with Crippen molar-refractivity contribution in [1.29, 1.82) is 0 Å². The number of ether oxygens (including phenoxy) is 3. The number of benzene rings is 1. The first-order valence-corrected chi connectivity index (χ1v) is 10.1. The Labute approximate surface area is 167 Å². The SMILES string of the molecule is COCC1(C(=O)NCC2CCN(c3cc(OC)cc(OC)c3)C2)CCNCC1. The molecule has 28 heavy (non-hydrogen) atoms. The second-order valence-corrected chi connectivity index (χ2v) is 7.84. The minimum Gasteiger partial charge on any atom is -0.497 e. The van der Waals surface area contributed by atoms with Crippen molar-refractivity contribution >= 4 is 11.6 Å². The molecule has 1 amide bonds. The predicted molar refractivity (Wildman–Crippen MR) is 109 cm³/mol. The van der Waals surface area contributed by atoms with Crippen LogP contribution in [-0.2, 0) is 9.53 Å². The lowest BCUT2D eigenvalue weighted by molar-refractivity contribution is -0.136. The quantitative estimate of drug-likeness (QED) is 0.702. The largest absolute Gasteiger partial charge is 0.497 e. The molecule has 1 unspecified atom stereocenters. The average Bonchev–Trinajstić information content (AvgIpc) is 3.21. The molecule has 2 aliphatic rings. The van der Waals surface area contributed by atoms with E-state index in [1.165, 1.54) is 0 Å². The topological polar surface area (TPSA) is 72.1 Å². The standard InChI is InChI=1S/C21H33N3O4/c1-26-15-21(5-7-22-8-6-21)20(25)23-13-16-4-9-24(14-16)17-10-18(27-2)12-19(11-17)28-3/h10-12,16,22H,4-9,13-15H2,1-3H3,(H,23,25). The van der Waals surface area contributed by atoms with Gasteiger partial charge in [-0.2, -0.15) is 0 Å². The maximum atomic E-state index is 12.9. The molecule has 0 bridgehead atoms. The fourth-order valence-electron chi connectivity index (χ4n) is 4.25. The summed E-state index contributed by atoms with van der Waals surface area (Å²) in [5.41, 5.74) is 0.706. The third-order valence-corrected chi connectivity index (χ3v) is 6.00. The van der Waals surface area contributed by atoms with Gasteiger partial charge in [-0.25, -0.2) is 0 Å². The van der Waals surface area contributed by atoms with Crippen LogP contribution < -0.4 is 25.0 Å². The first-order chi connectivity index (χ1) is 13.6. The van der Waals surface area contributed by atoms with Crippen LogP contribution in [0.15, 0.2) is 18.2 Å². The number of nitrogens with one attached hydrogen (secondary N) is 2. The molecule has 1 aromatic carbocycles. The Morgan fingerprint density at radius 1 is 1.18 bits per heavy atom. The normalized spacial score (nSPS) is 21.4. The lowest BCUT2D eigenvalue weighted by atomic mass is 9.78. The minimum absolute atomic E-state index is 0.136. The molecule has 7 nitrogen and oxygen atoms in total. The summed E-state index contributed by atoms with van der Waals surface area (Å²) in [6, 6.07) is 5.95. The van der Waals surface area contributed by atoms with Crippen LogP contribution >= 0.6 is 0 Å². The second kappa shape index (κ2) is 9.47. The van der Waals surface area contributed by atoms with E-state index in [1.54, 1.807) is 21.3 Å². The second-order valence-electron chi connectivity index (χ2n) is 7.84. The van der Waals surface area contributed by atoms with E-state index in [-0.39, 0.29) is 5.91 Å². The number of hydrogen-bond acceptors (Lipinski definition) is 6. The number of piperidine rings is 1. The summed E-state index contributed by atoms with van der Waals surface area (Å²) in [6.07, 6.45) is 2.71. The van der Waals surface area contributed by atoms with Gasteiger partial charge < -0.3 is 29.7 Å². The molecule has 7 heteroatoms. The predicted octanol–water partition coefficient (Wildman–Crippen LogP) is 1.66. The summed E-state index contributed by atoms with van der Waals surface area (Å²) in [6.45, 7) is 4.80. The van der Waals surface area contributed by atoms with E-state index in [0.717, 1.165) is 62.6 Å². The van der Waals surface area contributed by atoms with Gasteiger partial charge in [0.25, 0.3) is 0 Å². The number of carbonyl (C=O) groups excluding carboxylic acids is 1. The molecule has 0 aromatic heterocycles. The number of amides is 1. The van der Waals surface area contributed by atoms with Crippen LogP contribution in [0.4, 0.5) is 5.69 Å². The summed E-state index contributed by atoms with van der Waals surface area (Å²) in [5, 5.41) is 6.54. The Hall–Kier alpha value is -1.99. The van der Waals surface area contributed by atoms with Crippen molar-refractivity contribution in [2.45, 2.75) is 19.3 Å². The summed E-state index contributed by atoms with van der Waals surface area (Å²) >= 11 is 0. The molecule has 1 aromatic rings. The van der Waals surface area contributed by atoms with Gasteiger partial charge in [-0.1, -0.05) is 0 Å². The third kappa shape index (κ3) is 4.70. The molecule has 2 heterocycles. The van der Waals surface area contributed by atoms with Gasteiger partial charge >= 0.3 is 0 Å². The Morgan fingerprint density at radius 3 is 2.46 bits per heavy atom. The van der Waals surface area contributed by atoms with Crippen molar-refractivity contribution in [2.24, 2.45) is 11.3 Å². The van der Waals surface area contributed by atoms with Gasteiger partial charge in [0.2, 0.25) is 5.91 Å². The van der Waals surface area contributed by atoms with Gasteiger partial charge in [0, 0.05) is 50.6 Å². The summed E-state index contributed by atoms with van der Waals surface area (Å²) in [7, 11) is 5.00. The Bertz CT molecular complexity index is 633. The number of hydrogen-bond donors (Lipinski definition) is 2. The zero-order valence-electron chi connectivity index (χ0n) is 17.3. The van der Waals surface area contributed by atoms with E-state index in [2.05, 4.69) is 15.5 Å². The van der Waals surface area contributed by atoms with E-state index >= 15 is 0 Å². The first-order valence-electron chi connectivity index (χ1n) is 10.1. The highest BCUT2D eigenvalue weighted by Gasteiger charge is 2.39. The van der Waals surface area contributed by atoms with Gasteiger partial charge in [0.1, 0.15) is 11.5 Å². The van der Waals surface area contributed by atoms with Gasteiger partial charge in [-0.05, 0) is 38.3 Å². The molecule has 2 fully saturated rings. The molecular weight excluding hydrogens is 358 g/mol. The van der Waals surface area contributed by atoms with Crippen LogP contribution in [0.25, 0.3) is 0 Å². The van der Waals surface area contributed by atoms with Crippen LogP contribution in [0.5, 0.6) is 11.5 Å². The van der Waals surface area contributed by atoms with Crippen LogP contribution in [0.2, 0.25) is 0 Å². The smallest absolute Gasteiger partial charge is 0.228 e. The fraction of sp³-hybridized carbons (Fsp3) is 0.667. The highest BCUT2D eigenvalue weighted by Crippen LogP contribution is 2.32. The average molecular weight is 392 g/mol. The van der Waals surface area contributed by atoms with E-state index < -0.39 is 5.41 Å². The zero-order valence-corrected chi connectivity index (χ0v) is 17.3. The van der Waals surface area contributed by atoms with E-state index in [9.17, 15) is 4.79 Å². The number of methoxy groups -OCH3 is 3. The fourth-order valence-corrected chi connectivity index (χ4v) is 4.25. The Morgan fingerprint density at radius 2 is 1.86 bits per heavy atom. The molecule has 2 N–H and O–H groups in total. The van der Waals surface area contributed by atoms with Crippen molar-refractivity contribution in [3.63, 3.8) is 0 Å². The molecular formula is C21H33N3O4. The molecule has 1 atom stereocenters. The number of rotatable bonds is 8. The molecule has 0 spiro atoms. The van der Waals surface area contributed by atoms with Gasteiger partial charge in [-0.3, -0.25) is 4.79 Å². The van der Waals surface area contributed by atoms with E-state index in [1.807, 2.05) is 18.2 Å². The molecule has 2 aliphatic heterocycles. The van der Waals surface area contributed by atoms with E-state index in [0.29, 0.717) is 19.1 Å².